The maximum absolute atomic E-state index is 2.67. The van der Waals surface area contributed by atoms with Crippen LogP contribution in [0.5, 0.6) is 0 Å². The molecule has 1 heterocycles. The Bertz CT molecular complexity index is 208. The Morgan fingerprint density at radius 2 is 1.24 bits per heavy atom. The first-order valence-electron chi connectivity index (χ1n) is 9.55. The van der Waals surface area contributed by atoms with Gasteiger partial charge in [-0.1, -0.05) is 84.5 Å². The molecule has 1 nitrogen and oxygen atoms in total. The number of unbranched alkanes of at least 4 members (excludes halogenated alkanes) is 11. The van der Waals surface area contributed by atoms with Crippen LogP contribution in [0.2, 0.25) is 0 Å². The molecule has 0 aliphatic carbocycles. The van der Waals surface area contributed by atoms with Crippen LogP contribution in [0.25, 0.3) is 0 Å². The highest BCUT2D eigenvalue weighted by Crippen LogP contribution is 2.16. The van der Waals surface area contributed by atoms with Crippen molar-refractivity contribution in [3.8, 4) is 0 Å². The summed E-state index contributed by atoms with van der Waals surface area (Å²) < 4.78 is 0. The topological polar surface area (TPSA) is 3.24 Å². The lowest BCUT2D eigenvalue weighted by Gasteiger charge is -2.14. The summed E-state index contributed by atoms with van der Waals surface area (Å²) in [6.45, 7) is 8.77. The molecule has 1 fully saturated rings. The molecule has 1 saturated heterocycles. The van der Waals surface area contributed by atoms with Crippen molar-refractivity contribution in [2.45, 2.75) is 97.3 Å². The first-order chi connectivity index (χ1) is 9.83. The molecule has 1 rings (SSSR count). The monoisotopic (exact) mass is 361 g/mol. The molecule has 0 saturated carbocycles. The first-order valence-corrected chi connectivity index (χ1v) is 9.55. The zero-order chi connectivity index (χ0) is 14.5. The van der Waals surface area contributed by atoms with Crippen molar-refractivity contribution in [2.75, 3.05) is 19.6 Å². The van der Waals surface area contributed by atoms with Crippen molar-refractivity contribution >= 4 is 17.0 Å². The van der Waals surface area contributed by atoms with E-state index in [1.54, 1.807) is 0 Å². The third-order valence-electron chi connectivity index (χ3n) is 4.84. The summed E-state index contributed by atoms with van der Waals surface area (Å²) >= 11 is 0. The van der Waals surface area contributed by atoms with Gasteiger partial charge in [0, 0.05) is 6.54 Å². The second-order valence-corrected chi connectivity index (χ2v) is 7.08. The Morgan fingerprint density at radius 3 is 1.67 bits per heavy atom. The lowest BCUT2D eigenvalue weighted by atomic mass is 10.1. The standard InChI is InChI=1S/C19H39N.BrH/c1-3-4-5-6-7-8-9-10-11-12-13-14-16-20-17-15-19(2)18-20;/h19H,3-18H2,1-2H3;1H. The quantitative estimate of drug-likeness (QED) is 0.333. The van der Waals surface area contributed by atoms with Crippen molar-refractivity contribution in [1.82, 2.24) is 4.90 Å². The average Bonchev–Trinajstić information content (AvgIpc) is 2.86. The lowest BCUT2D eigenvalue weighted by molar-refractivity contribution is 0.317. The molecule has 0 bridgehead atoms. The van der Waals surface area contributed by atoms with Crippen LogP contribution in [0, 0.1) is 5.92 Å². The average molecular weight is 362 g/mol. The second kappa shape index (κ2) is 15.3. The number of nitrogens with zero attached hydrogens (tertiary/aromatic N) is 1. The fourth-order valence-corrected chi connectivity index (χ4v) is 3.41. The van der Waals surface area contributed by atoms with Gasteiger partial charge in [0.2, 0.25) is 0 Å². The van der Waals surface area contributed by atoms with Crippen molar-refractivity contribution in [1.29, 1.82) is 0 Å². The molecule has 0 radical (unpaired) electrons. The van der Waals surface area contributed by atoms with E-state index in [2.05, 4.69) is 18.7 Å². The molecule has 1 aliphatic rings. The summed E-state index contributed by atoms with van der Waals surface area (Å²) in [6.07, 6.45) is 18.9. The van der Waals surface area contributed by atoms with Gasteiger partial charge in [0.05, 0.1) is 0 Å². The molecule has 0 spiro atoms. The minimum Gasteiger partial charge on any atom is -0.303 e. The van der Waals surface area contributed by atoms with Crippen LogP contribution in [0.1, 0.15) is 97.3 Å². The molecule has 0 aromatic carbocycles. The van der Waals surface area contributed by atoms with Gasteiger partial charge in [-0.15, -0.1) is 17.0 Å². The highest BCUT2D eigenvalue weighted by atomic mass is 79.9. The predicted octanol–water partition coefficient (Wildman–Crippen LogP) is 6.61. The molecule has 0 aromatic rings. The molecule has 1 aliphatic heterocycles. The minimum atomic E-state index is 0. The Balaban J connectivity index is 0.00000400. The second-order valence-electron chi connectivity index (χ2n) is 7.08. The third-order valence-corrected chi connectivity index (χ3v) is 4.84. The van der Waals surface area contributed by atoms with Gasteiger partial charge < -0.3 is 4.90 Å². The van der Waals surface area contributed by atoms with Gasteiger partial charge in [0.25, 0.3) is 0 Å². The van der Waals surface area contributed by atoms with E-state index in [0.717, 1.165) is 5.92 Å². The third kappa shape index (κ3) is 12.6. The van der Waals surface area contributed by atoms with Gasteiger partial charge in [-0.2, -0.15) is 0 Å². The summed E-state index contributed by atoms with van der Waals surface area (Å²) in [7, 11) is 0. The van der Waals surface area contributed by atoms with Crippen molar-refractivity contribution < 1.29 is 0 Å². The summed E-state index contributed by atoms with van der Waals surface area (Å²) in [4.78, 5) is 2.67. The molecular formula is C19H40BrN. The van der Waals surface area contributed by atoms with Gasteiger partial charge in [0.15, 0.2) is 0 Å². The number of rotatable bonds is 13. The number of likely N-dealkylation sites (tertiary alicyclic amines) is 1. The zero-order valence-corrected chi connectivity index (χ0v) is 16.5. The Hall–Kier alpha value is 0.440. The molecule has 0 N–H and O–H groups in total. The van der Waals surface area contributed by atoms with E-state index in [4.69, 9.17) is 0 Å². The normalized spacial score (nSPS) is 18.9. The van der Waals surface area contributed by atoms with Crippen molar-refractivity contribution in [2.24, 2.45) is 5.92 Å². The highest BCUT2D eigenvalue weighted by Gasteiger charge is 2.17. The maximum atomic E-state index is 2.67. The van der Waals surface area contributed by atoms with E-state index in [-0.39, 0.29) is 17.0 Å². The smallest absolute Gasteiger partial charge is 0.000750 e. The largest absolute Gasteiger partial charge is 0.303 e. The fourth-order valence-electron chi connectivity index (χ4n) is 3.41. The Labute approximate surface area is 145 Å². The van der Waals surface area contributed by atoms with E-state index in [0.29, 0.717) is 0 Å². The van der Waals surface area contributed by atoms with Gasteiger partial charge in [-0.3, -0.25) is 0 Å². The van der Waals surface area contributed by atoms with E-state index in [1.807, 2.05) is 0 Å². The van der Waals surface area contributed by atoms with Crippen molar-refractivity contribution in [3.05, 3.63) is 0 Å². The zero-order valence-electron chi connectivity index (χ0n) is 14.7. The molecule has 0 aromatic heterocycles. The fraction of sp³-hybridized carbons (Fsp3) is 1.00. The molecule has 2 heteroatoms. The van der Waals surface area contributed by atoms with Crippen molar-refractivity contribution in [3.63, 3.8) is 0 Å². The predicted molar refractivity (Wildman–Crippen MR) is 102 cm³/mol. The number of hydrogen-bond donors (Lipinski definition) is 0. The van der Waals surface area contributed by atoms with Crippen LogP contribution in [0.4, 0.5) is 0 Å². The van der Waals surface area contributed by atoms with Gasteiger partial charge in [-0.25, -0.2) is 0 Å². The van der Waals surface area contributed by atoms with Gasteiger partial charge in [0.1, 0.15) is 0 Å². The Kier molecular flexibility index (Phi) is 15.7. The molecule has 0 amide bonds. The summed E-state index contributed by atoms with van der Waals surface area (Å²) in [5, 5.41) is 0. The Morgan fingerprint density at radius 1 is 0.762 bits per heavy atom. The van der Waals surface area contributed by atoms with Gasteiger partial charge in [-0.05, 0) is 31.8 Å². The summed E-state index contributed by atoms with van der Waals surface area (Å²) in [5.74, 6) is 0.951. The first kappa shape index (κ1) is 21.4. The van der Waals surface area contributed by atoms with Gasteiger partial charge >= 0.3 is 0 Å². The van der Waals surface area contributed by atoms with Crippen LogP contribution in [-0.4, -0.2) is 24.5 Å². The van der Waals surface area contributed by atoms with E-state index in [1.165, 1.54) is 103 Å². The van der Waals surface area contributed by atoms with Crippen LogP contribution in [0.3, 0.4) is 0 Å². The lowest BCUT2D eigenvalue weighted by Crippen LogP contribution is -2.21. The molecule has 128 valence electrons. The van der Waals surface area contributed by atoms with E-state index >= 15 is 0 Å². The molecule has 21 heavy (non-hydrogen) atoms. The van der Waals surface area contributed by atoms with E-state index in [9.17, 15) is 0 Å². The summed E-state index contributed by atoms with van der Waals surface area (Å²) in [6, 6.07) is 0. The van der Waals surface area contributed by atoms with Crippen LogP contribution >= 0.6 is 17.0 Å². The van der Waals surface area contributed by atoms with E-state index < -0.39 is 0 Å². The molecule has 1 unspecified atom stereocenters. The maximum Gasteiger partial charge on any atom is 0.000750 e. The van der Waals surface area contributed by atoms with Crippen LogP contribution in [-0.2, 0) is 0 Å². The minimum absolute atomic E-state index is 0. The molecular weight excluding hydrogens is 322 g/mol. The van der Waals surface area contributed by atoms with Crippen LogP contribution in [0.15, 0.2) is 0 Å². The number of hydrogen-bond acceptors (Lipinski definition) is 1. The number of halogens is 1. The SMILES string of the molecule is Br.CCCCCCCCCCCCCCN1CCC(C)C1. The van der Waals surface area contributed by atoms with Crippen LogP contribution < -0.4 is 0 Å². The summed E-state index contributed by atoms with van der Waals surface area (Å²) in [5.41, 5.74) is 0. The molecule has 1 atom stereocenters. The highest BCUT2D eigenvalue weighted by molar-refractivity contribution is 8.93.